The third-order valence-corrected chi connectivity index (χ3v) is 2.15. The van der Waals surface area contributed by atoms with Gasteiger partial charge in [-0.3, -0.25) is 9.69 Å². The lowest BCUT2D eigenvalue weighted by Crippen LogP contribution is -2.47. The van der Waals surface area contributed by atoms with E-state index in [-0.39, 0.29) is 0 Å². The first-order valence-corrected chi connectivity index (χ1v) is 4.14. The van der Waals surface area contributed by atoms with Crippen LogP contribution in [-0.4, -0.2) is 43.4 Å². The van der Waals surface area contributed by atoms with Gasteiger partial charge in [-0.05, 0) is 6.92 Å². The second-order valence-corrected chi connectivity index (χ2v) is 2.98. The molecule has 0 amide bonds. The molecule has 1 rings (SSSR count). The van der Waals surface area contributed by atoms with E-state index in [0.29, 0.717) is 12.5 Å². The Balaban J connectivity index is 2.26. The Kier molecular flexibility index (Phi) is 3.52. The maximum atomic E-state index is 10.1. The van der Waals surface area contributed by atoms with E-state index in [0.717, 1.165) is 26.2 Å². The quantitative estimate of drug-likeness (QED) is 0.611. The van der Waals surface area contributed by atoms with Gasteiger partial charge in [0.15, 0.2) is 6.29 Å². The number of nitrogens with one attached hydrogen (secondary N) is 1. The molecule has 1 radical (unpaired) electrons. The summed E-state index contributed by atoms with van der Waals surface area (Å²) in [5.74, 6) is 0. The van der Waals surface area contributed by atoms with Gasteiger partial charge < -0.3 is 5.32 Å². The molecule has 1 aliphatic rings. The summed E-state index contributed by atoms with van der Waals surface area (Å²) in [6.45, 7) is 6.29. The largest absolute Gasteiger partial charge is 0.314 e. The molecule has 0 aliphatic carbocycles. The normalized spacial score (nSPS) is 23.0. The zero-order valence-corrected chi connectivity index (χ0v) is 6.97. The molecule has 1 aliphatic heterocycles. The van der Waals surface area contributed by atoms with E-state index in [1.807, 2.05) is 6.29 Å². The van der Waals surface area contributed by atoms with Gasteiger partial charge in [-0.15, -0.1) is 0 Å². The number of piperazine rings is 1. The van der Waals surface area contributed by atoms with Crippen molar-refractivity contribution in [2.45, 2.75) is 19.4 Å². The van der Waals surface area contributed by atoms with E-state index >= 15 is 0 Å². The van der Waals surface area contributed by atoms with Gasteiger partial charge in [0.1, 0.15) is 0 Å². The maximum absolute atomic E-state index is 10.1. The standard InChI is InChI=1S/C8H15N2O/c1-8(2-7-11)10-5-3-9-4-6-10/h8-9H,2-6H2,1H3. The van der Waals surface area contributed by atoms with Crippen LogP contribution in [0.3, 0.4) is 0 Å². The van der Waals surface area contributed by atoms with Crippen LogP contribution in [-0.2, 0) is 4.79 Å². The molecular formula is C8H15N2O. The molecule has 0 saturated carbocycles. The lowest BCUT2D eigenvalue weighted by atomic mass is 10.2. The number of carbonyl (C=O) groups excluding carboxylic acids is 1. The number of rotatable bonds is 3. The fraction of sp³-hybridized carbons (Fsp3) is 0.875. The van der Waals surface area contributed by atoms with E-state index in [2.05, 4.69) is 17.1 Å². The van der Waals surface area contributed by atoms with Gasteiger partial charge in [0, 0.05) is 38.6 Å². The molecule has 1 atom stereocenters. The minimum Gasteiger partial charge on any atom is -0.314 e. The Morgan fingerprint density at radius 2 is 2.18 bits per heavy atom. The summed E-state index contributed by atoms with van der Waals surface area (Å²) in [5.41, 5.74) is 0. The summed E-state index contributed by atoms with van der Waals surface area (Å²) >= 11 is 0. The van der Waals surface area contributed by atoms with E-state index in [4.69, 9.17) is 0 Å². The molecule has 1 unspecified atom stereocenters. The van der Waals surface area contributed by atoms with Gasteiger partial charge in [0.05, 0.1) is 0 Å². The summed E-state index contributed by atoms with van der Waals surface area (Å²) in [4.78, 5) is 12.4. The van der Waals surface area contributed by atoms with E-state index < -0.39 is 0 Å². The minimum absolute atomic E-state index is 0.370. The van der Waals surface area contributed by atoms with Crippen LogP contribution in [0, 0.1) is 0 Å². The van der Waals surface area contributed by atoms with Crippen molar-refractivity contribution >= 4 is 6.29 Å². The van der Waals surface area contributed by atoms with Crippen LogP contribution in [0.1, 0.15) is 13.3 Å². The molecule has 1 saturated heterocycles. The van der Waals surface area contributed by atoms with E-state index in [1.54, 1.807) is 0 Å². The van der Waals surface area contributed by atoms with Crippen LogP contribution in [0.25, 0.3) is 0 Å². The third kappa shape index (κ3) is 2.60. The van der Waals surface area contributed by atoms with Crippen LogP contribution in [0.4, 0.5) is 0 Å². The fourth-order valence-electron chi connectivity index (χ4n) is 1.37. The maximum Gasteiger partial charge on any atom is 0.199 e. The molecule has 1 fully saturated rings. The second-order valence-electron chi connectivity index (χ2n) is 2.98. The number of hydrogen-bond donors (Lipinski definition) is 1. The van der Waals surface area contributed by atoms with Crippen LogP contribution in [0.5, 0.6) is 0 Å². The van der Waals surface area contributed by atoms with Gasteiger partial charge in [-0.2, -0.15) is 0 Å². The monoisotopic (exact) mass is 155 g/mol. The van der Waals surface area contributed by atoms with Gasteiger partial charge in [-0.25, -0.2) is 0 Å². The zero-order valence-electron chi connectivity index (χ0n) is 6.97. The van der Waals surface area contributed by atoms with Crippen molar-refractivity contribution in [2.24, 2.45) is 0 Å². The van der Waals surface area contributed by atoms with Crippen molar-refractivity contribution < 1.29 is 4.79 Å². The van der Waals surface area contributed by atoms with Crippen molar-refractivity contribution in [2.75, 3.05) is 26.2 Å². The lowest BCUT2D eigenvalue weighted by molar-refractivity contribution is 0.187. The van der Waals surface area contributed by atoms with Crippen molar-refractivity contribution in [3.8, 4) is 0 Å². The van der Waals surface area contributed by atoms with Crippen LogP contribution < -0.4 is 5.32 Å². The molecule has 0 aromatic heterocycles. The molecule has 3 nitrogen and oxygen atoms in total. The molecule has 1 N–H and O–H groups in total. The molecule has 1 heterocycles. The first kappa shape index (κ1) is 8.68. The summed E-state index contributed by atoms with van der Waals surface area (Å²) in [6.07, 6.45) is 2.49. The van der Waals surface area contributed by atoms with Crippen LogP contribution in [0.15, 0.2) is 0 Å². The smallest absolute Gasteiger partial charge is 0.199 e. The third-order valence-electron chi connectivity index (χ3n) is 2.15. The first-order valence-electron chi connectivity index (χ1n) is 4.14. The van der Waals surface area contributed by atoms with Crippen LogP contribution in [0.2, 0.25) is 0 Å². The Morgan fingerprint density at radius 3 is 2.73 bits per heavy atom. The number of nitrogens with zero attached hydrogens (tertiary/aromatic N) is 1. The SMILES string of the molecule is CC(C[C]=O)N1CCNCC1. The highest BCUT2D eigenvalue weighted by molar-refractivity contribution is 5.51. The van der Waals surface area contributed by atoms with Crippen molar-refractivity contribution in [1.82, 2.24) is 10.2 Å². The first-order chi connectivity index (χ1) is 5.34. The fourth-order valence-corrected chi connectivity index (χ4v) is 1.37. The van der Waals surface area contributed by atoms with Gasteiger partial charge in [0.2, 0.25) is 0 Å². The predicted molar refractivity (Wildman–Crippen MR) is 44.2 cm³/mol. The zero-order chi connectivity index (χ0) is 8.10. The van der Waals surface area contributed by atoms with Crippen molar-refractivity contribution in [1.29, 1.82) is 0 Å². The minimum atomic E-state index is 0.370. The Morgan fingerprint density at radius 1 is 1.55 bits per heavy atom. The molecule has 3 heteroatoms. The molecule has 11 heavy (non-hydrogen) atoms. The van der Waals surface area contributed by atoms with Crippen LogP contribution >= 0.6 is 0 Å². The highest BCUT2D eigenvalue weighted by Gasteiger charge is 2.15. The lowest BCUT2D eigenvalue weighted by Gasteiger charge is -2.31. The van der Waals surface area contributed by atoms with Gasteiger partial charge in [0.25, 0.3) is 0 Å². The van der Waals surface area contributed by atoms with Crippen molar-refractivity contribution in [3.05, 3.63) is 0 Å². The highest BCUT2D eigenvalue weighted by Crippen LogP contribution is 2.02. The molecule has 0 aromatic rings. The Hall–Kier alpha value is -0.410. The molecule has 0 aromatic carbocycles. The average Bonchev–Trinajstić information content (AvgIpc) is 2.07. The average molecular weight is 155 g/mol. The summed E-state index contributed by atoms with van der Waals surface area (Å²) < 4.78 is 0. The predicted octanol–water partition coefficient (Wildman–Crippen LogP) is -0.220. The summed E-state index contributed by atoms with van der Waals surface area (Å²) in [7, 11) is 0. The van der Waals surface area contributed by atoms with E-state index in [9.17, 15) is 4.79 Å². The second kappa shape index (κ2) is 4.46. The molecule has 0 spiro atoms. The summed E-state index contributed by atoms with van der Waals surface area (Å²) in [6, 6.07) is 0.370. The number of hydrogen-bond acceptors (Lipinski definition) is 3. The van der Waals surface area contributed by atoms with Gasteiger partial charge in [-0.1, -0.05) is 0 Å². The van der Waals surface area contributed by atoms with E-state index in [1.165, 1.54) is 0 Å². The molecular weight excluding hydrogens is 140 g/mol. The molecule has 63 valence electrons. The topological polar surface area (TPSA) is 32.3 Å². The summed E-state index contributed by atoms with van der Waals surface area (Å²) in [5, 5.41) is 3.27. The Labute approximate surface area is 67.8 Å². The van der Waals surface area contributed by atoms with Crippen molar-refractivity contribution in [3.63, 3.8) is 0 Å². The molecule has 0 bridgehead atoms. The highest BCUT2D eigenvalue weighted by atomic mass is 16.1. The Bertz CT molecular complexity index is 121. The van der Waals surface area contributed by atoms with Gasteiger partial charge >= 0.3 is 0 Å².